The molecule has 0 radical (unpaired) electrons. The second-order valence-electron chi connectivity index (χ2n) is 3.98. The van der Waals surface area contributed by atoms with Crippen LogP contribution in [0.5, 0.6) is 0 Å². The number of allylic oxidation sites excluding steroid dienone is 1. The molecule has 0 spiro atoms. The first-order valence-corrected chi connectivity index (χ1v) is 4.60. The quantitative estimate of drug-likeness (QED) is 0.736. The zero-order valence-electron chi connectivity index (χ0n) is 9.50. The average Bonchev–Trinajstić information content (AvgIpc) is 1.99. The number of ether oxygens (including phenoxy) is 1. The highest BCUT2D eigenvalue weighted by Gasteiger charge is 2.17. The first-order chi connectivity index (χ1) is 6.74. The third kappa shape index (κ3) is 7.66. The highest BCUT2D eigenvalue weighted by molar-refractivity contribution is 5.86. The van der Waals surface area contributed by atoms with Crippen molar-refractivity contribution >= 4 is 12.1 Å². The lowest BCUT2D eigenvalue weighted by Crippen LogP contribution is -2.37. The predicted octanol–water partition coefficient (Wildman–Crippen LogP) is 2.41. The molecule has 0 aliphatic rings. The molecule has 0 aliphatic carbocycles. The number of hydrogen-bond acceptors (Lipinski definition) is 3. The Morgan fingerprint density at radius 3 is 2.53 bits per heavy atom. The lowest BCUT2D eigenvalue weighted by Gasteiger charge is -2.20. The Bertz CT molecular complexity index is 269. The summed E-state index contributed by atoms with van der Waals surface area (Å²) in [6, 6.07) is 0. The monoisotopic (exact) mass is 216 g/mol. The lowest BCUT2D eigenvalue weighted by atomic mass is 10.2. The number of carbonyl (C=O) groups excluding carboxylic acids is 1. The van der Waals surface area contributed by atoms with Crippen LogP contribution < -0.4 is 5.32 Å². The van der Waals surface area contributed by atoms with E-state index in [0.29, 0.717) is 0 Å². The van der Waals surface area contributed by atoms with Gasteiger partial charge in [0.2, 0.25) is 5.97 Å². The minimum Gasteiger partial charge on any atom is -0.444 e. The Morgan fingerprint density at radius 1 is 1.60 bits per heavy atom. The minimum absolute atomic E-state index is 0.579. The van der Waals surface area contributed by atoms with Crippen LogP contribution in [-0.2, 0) is 4.74 Å². The van der Waals surface area contributed by atoms with Crippen LogP contribution in [0.2, 0.25) is 0 Å². The molecule has 0 aromatic rings. The van der Waals surface area contributed by atoms with E-state index in [9.17, 15) is 9.18 Å². The van der Waals surface area contributed by atoms with Crippen LogP contribution in [-0.4, -0.2) is 23.8 Å². The van der Waals surface area contributed by atoms with Gasteiger partial charge >= 0.3 is 6.09 Å². The van der Waals surface area contributed by atoms with Gasteiger partial charge in [0, 0.05) is 0 Å². The summed E-state index contributed by atoms with van der Waals surface area (Å²) in [7, 11) is 0. The lowest BCUT2D eigenvalue weighted by molar-refractivity contribution is 0.0510. The van der Waals surface area contributed by atoms with Gasteiger partial charge in [-0.15, -0.1) is 0 Å². The molecule has 1 unspecified atom stereocenters. The normalized spacial score (nSPS) is 14.3. The van der Waals surface area contributed by atoms with Gasteiger partial charge in [-0.25, -0.2) is 9.79 Å². The highest BCUT2D eigenvalue weighted by atomic mass is 19.1. The fourth-order valence-corrected chi connectivity index (χ4v) is 0.748. The van der Waals surface area contributed by atoms with Crippen molar-refractivity contribution < 1.29 is 13.9 Å². The maximum absolute atomic E-state index is 12.6. The summed E-state index contributed by atoms with van der Waals surface area (Å²) >= 11 is 0. The number of nitrogens with zero attached hydrogens (tertiary/aromatic N) is 1. The standard InChI is InChI=1S/C10H17FN2O2/c1-6-8(11)12-7(2)13-9(14)15-10(3,4)5/h6-7H,1H2,2-5H3,(H,13,14)/b12-8+. The van der Waals surface area contributed by atoms with E-state index in [2.05, 4.69) is 16.9 Å². The van der Waals surface area contributed by atoms with Gasteiger partial charge in [0.05, 0.1) is 0 Å². The van der Waals surface area contributed by atoms with Crippen LogP contribution in [0.4, 0.5) is 9.18 Å². The van der Waals surface area contributed by atoms with Crippen LogP contribution in [0.1, 0.15) is 27.7 Å². The molecule has 15 heavy (non-hydrogen) atoms. The molecule has 0 aromatic heterocycles. The first kappa shape index (κ1) is 13.6. The van der Waals surface area contributed by atoms with Gasteiger partial charge in [0.15, 0.2) is 0 Å². The summed E-state index contributed by atoms with van der Waals surface area (Å²) in [5, 5.41) is 2.37. The summed E-state index contributed by atoms with van der Waals surface area (Å²) in [6.07, 6.45) is -0.346. The molecule has 5 heteroatoms. The molecule has 0 aliphatic heterocycles. The zero-order chi connectivity index (χ0) is 12.1. The van der Waals surface area contributed by atoms with Crippen LogP contribution in [0.3, 0.4) is 0 Å². The maximum atomic E-state index is 12.6. The minimum atomic E-state index is -0.724. The van der Waals surface area contributed by atoms with Crippen molar-refractivity contribution in [3.05, 3.63) is 12.7 Å². The Hall–Kier alpha value is -1.39. The first-order valence-electron chi connectivity index (χ1n) is 4.60. The average molecular weight is 216 g/mol. The van der Waals surface area contributed by atoms with Crippen molar-refractivity contribution in [2.24, 2.45) is 4.99 Å². The number of carbonyl (C=O) groups is 1. The van der Waals surface area contributed by atoms with Crippen LogP contribution in [0, 0.1) is 0 Å². The van der Waals surface area contributed by atoms with E-state index in [1.54, 1.807) is 20.8 Å². The zero-order valence-corrected chi connectivity index (χ0v) is 9.50. The molecule has 1 N–H and O–H groups in total. The van der Waals surface area contributed by atoms with Crippen molar-refractivity contribution in [3.8, 4) is 0 Å². The van der Waals surface area contributed by atoms with E-state index in [1.165, 1.54) is 6.92 Å². The number of rotatable bonds is 3. The predicted molar refractivity (Wildman–Crippen MR) is 57.6 cm³/mol. The van der Waals surface area contributed by atoms with Crippen molar-refractivity contribution in [1.29, 1.82) is 0 Å². The van der Waals surface area contributed by atoms with Gasteiger partial charge in [0.25, 0.3) is 0 Å². The largest absolute Gasteiger partial charge is 0.444 e. The second kappa shape index (κ2) is 5.48. The summed E-state index contributed by atoms with van der Waals surface area (Å²) < 4.78 is 17.6. The van der Waals surface area contributed by atoms with Crippen molar-refractivity contribution in [2.45, 2.75) is 39.5 Å². The summed E-state index contributed by atoms with van der Waals surface area (Å²) in [4.78, 5) is 14.7. The second-order valence-corrected chi connectivity index (χ2v) is 3.98. The smallest absolute Gasteiger partial charge is 0.409 e. The molecule has 1 amide bonds. The molecule has 0 saturated carbocycles. The Labute approximate surface area is 89.2 Å². The van der Waals surface area contributed by atoms with Gasteiger partial charge in [-0.3, -0.25) is 5.32 Å². The van der Waals surface area contributed by atoms with Crippen molar-refractivity contribution in [1.82, 2.24) is 5.32 Å². The summed E-state index contributed by atoms with van der Waals surface area (Å²) in [6.45, 7) is 9.96. The SMILES string of the molecule is C=C/C(F)=N\C(C)NC(=O)OC(C)(C)C. The van der Waals surface area contributed by atoms with Crippen LogP contribution in [0.15, 0.2) is 17.6 Å². The van der Waals surface area contributed by atoms with Crippen LogP contribution in [0.25, 0.3) is 0 Å². The summed E-state index contributed by atoms with van der Waals surface area (Å²) in [5.41, 5.74) is -0.579. The molecule has 0 heterocycles. The van der Waals surface area contributed by atoms with Crippen LogP contribution >= 0.6 is 0 Å². The number of halogens is 1. The molecule has 1 atom stereocenters. The van der Waals surface area contributed by atoms with Gasteiger partial charge in [0.1, 0.15) is 11.8 Å². The van der Waals surface area contributed by atoms with E-state index in [1.807, 2.05) is 0 Å². The Kier molecular flexibility index (Phi) is 4.97. The molecule has 86 valence electrons. The maximum Gasteiger partial charge on any atom is 0.409 e. The number of aliphatic imine (C=N–C) groups is 1. The molecule has 4 nitrogen and oxygen atoms in total. The van der Waals surface area contributed by atoms with Gasteiger partial charge in [-0.1, -0.05) is 6.58 Å². The topological polar surface area (TPSA) is 50.7 Å². The fraction of sp³-hybridized carbons (Fsp3) is 0.600. The molecule has 0 saturated heterocycles. The van der Waals surface area contributed by atoms with Crippen molar-refractivity contribution in [2.75, 3.05) is 0 Å². The van der Waals surface area contributed by atoms with E-state index in [-0.39, 0.29) is 0 Å². The third-order valence-electron chi connectivity index (χ3n) is 1.21. The fourth-order valence-electron chi connectivity index (χ4n) is 0.748. The Morgan fingerprint density at radius 2 is 2.13 bits per heavy atom. The van der Waals surface area contributed by atoms with Crippen molar-refractivity contribution in [3.63, 3.8) is 0 Å². The number of hydrogen-bond donors (Lipinski definition) is 1. The molecule has 0 rings (SSSR count). The van der Waals surface area contributed by atoms with E-state index < -0.39 is 23.8 Å². The summed E-state index contributed by atoms with van der Waals surface area (Å²) in [5.74, 6) is -0.724. The molecule has 0 fully saturated rings. The van der Waals surface area contributed by atoms with E-state index in [0.717, 1.165) is 6.08 Å². The van der Waals surface area contributed by atoms with Gasteiger partial charge in [-0.2, -0.15) is 4.39 Å². The molecule has 0 aromatic carbocycles. The molecular formula is C10H17FN2O2. The van der Waals surface area contributed by atoms with E-state index >= 15 is 0 Å². The van der Waals surface area contributed by atoms with Gasteiger partial charge in [-0.05, 0) is 33.8 Å². The van der Waals surface area contributed by atoms with Gasteiger partial charge < -0.3 is 4.74 Å². The van der Waals surface area contributed by atoms with E-state index in [4.69, 9.17) is 4.74 Å². The third-order valence-corrected chi connectivity index (χ3v) is 1.21. The highest BCUT2D eigenvalue weighted by Crippen LogP contribution is 2.06. The number of amides is 1. The number of nitrogens with one attached hydrogen (secondary N) is 1. The Balaban J connectivity index is 4.14. The molecule has 0 bridgehead atoms. The molecular weight excluding hydrogens is 199 g/mol. The number of alkyl carbamates (subject to hydrolysis) is 1.